The number of rotatable bonds is 4. The third-order valence-electron chi connectivity index (χ3n) is 2.65. The molecule has 0 fully saturated rings. The van der Waals surface area contributed by atoms with Gasteiger partial charge in [-0.05, 0) is 34.5 Å². The minimum absolute atomic E-state index is 0.106. The van der Waals surface area contributed by atoms with Crippen molar-refractivity contribution >= 4 is 27.4 Å². The molecule has 0 amide bonds. The Labute approximate surface area is 114 Å². The summed E-state index contributed by atoms with van der Waals surface area (Å²) in [4.78, 5) is 12.5. The molecule has 1 heterocycles. The van der Waals surface area contributed by atoms with E-state index in [1.54, 1.807) is 29.1 Å². The Balaban J connectivity index is 2.46. The van der Waals surface area contributed by atoms with Gasteiger partial charge < -0.3 is 5.73 Å². The van der Waals surface area contributed by atoms with E-state index in [0.717, 1.165) is 6.42 Å². The van der Waals surface area contributed by atoms with E-state index in [-0.39, 0.29) is 5.78 Å². The summed E-state index contributed by atoms with van der Waals surface area (Å²) in [5, 5.41) is 4.19. The van der Waals surface area contributed by atoms with Gasteiger partial charge in [0.15, 0.2) is 0 Å². The van der Waals surface area contributed by atoms with Crippen molar-refractivity contribution in [3.05, 3.63) is 46.2 Å². The number of nitrogen functional groups attached to an aromatic ring is 1. The number of ketones is 1. The van der Waals surface area contributed by atoms with Gasteiger partial charge in [-0.3, -0.25) is 9.48 Å². The number of halogens is 1. The van der Waals surface area contributed by atoms with Gasteiger partial charge >= 0.3 is 0 Å². The minimum Gasteiger partial charge on any atom is -0.398 e. The van der Waals surface area contributed by atoms with E-state index in [4.69, 9.17) is 5.73 Å². The highest BCUT2D eigenvalue weighted by molar-refractivity contribution is 9.10. The van der Waals surface area contributed by atoms with Crippen LogP contribution in [0.15, 0.2) is 34.9 Å². The van der Waals surface area contributed by atoms with Crippen LogP contribution < -0.4 is 5.73 Å². The predicted octanol–water partition coefficient (Wildman–Crippen LogP) is 2.87. The molecule has 2 aromatic rings. The SMILES string of the molecule is CCCn1ncc(Br)c1C(=O)c1ccccc1N. The van der Waals surface area contributed by atoms with E-state index in [1.807, 2.05) is 13.0 Å². The van der Waals surface area contributed by atoms with Gasteiger partial charge in [-0.2, -0.15) is 5.10 Å². The molecule has 94 valence electrons. The number of para-hydroxylation sites is 1. The molecule has 0 bridgehead atoms. The van der Waals surface area contributed by atoms with Crippen LogP contribution >= 0.6 is 15.9 Å². The Morgan fingerprint density at radius 2 is 2.17 bits per heavy atom. The zero-order valence-electron chi connectivity index (χ0n) is 10.1. The van der Waals surface area contributed by atoms with Gasteiger partial charge in [-0.25, -0.2) is 0 Å². The third kappa shape index (κ3) is 2.31. The zero-order chi connectivity index (χ0) is 13.1. The van der Waals surface area contributed by atoms with Crippen LogP contribution in [0.3, 0.4) is 0 Å². The summed E-state index contributed by atoms with van der Waals surface area (Å²) in [5.74, 6) is -0.106. The number of hydrogen-bond donors (Lipinski definition) is 1. The molecule has 5 heteroatoms. The first-order valence-corrected chi connectivity index (χ1v) is 6.55. The van der Waals surface area contributed by atoms with Gasteiger partial charge in [0.25, 0.3) is 0 Å². The highest BCUT2D eigenvalue weighted by Crippen LogP contribution is 2.22. The lowest BCUT2D eigenvalue weighted by Crippen LogP contribution is -2.13. The second-order valence-corrected chi connectivity index (χ2v) is 4.83. The van der Waals surface area contributed by atoms with Crippen molar-refractivity contribution in [2.75, 3.05) is 5.73 Å². The molecule has 0 unspecified atom stereocenters. The number of anilines is 1. The maximum atomic E-state index is 12.5. The fraction of sp³-hybridized carbons (Fsp3) is 0.231. The number of benzene rings is 1. The Bertz CT molecular complexity index is 577. The topological polar surface area (TPSA) is 60.9 Å². The van der Waals surface area contributed by atoms with Gasteiger partial charge in [0, 0.05) is 17.8 Å². The van der Waals surface area contributed by atoms with E-state index >= 15 is 0 Å². The quantitative estimate of drug-likeness (QED) is 0.698. The average molecular weight is 308 g/mol. The molecule has 4 nitrogen and oxygen atoms in total. The van der Waals surface area contributed by atoms with Crippen molar-refractivity contribution in [2.24, 2.45) is 0 Å². The lowest BCUT2D eigenvalue weighted by atomic mass is 10.1. The molecule has 0 saturated carbocycles. The fourth-order valence-electron chi connectivity index (χ4n) is 1.80. The van der Waals surface area contributed by atoms with Crippen LogP contribution in [-0.4, -0.2) is 15.6 Å². The van der Waals surface area contributed by atoms with Gasteiger partial charge in [-0.1, -0.05) is 19.1 Å². The van der Waals surface area contributed by atoms with Gasteiger partial charge in [0.05, 0.1) is 10.7 Å². The summed E-state index contributed by atoms with van der Waals surface area (Å²) < 4.78 is 2.41. The van der Waals surface area contributed by atoms with Crippen LogP contribution in [0, 0.1) is 0 Å². The summed E-state index contributed by atoms with van der Waals surface area (Å²) in [6.45, 7) is 2.75. The molecule has 0 aliphatic rings. The first-order valence-electron chi connectivity index (χ1n) is 5.75. The molecule has 0 aliphatic carbocycles. The van der Waals surface area contributed by atoms with E-state index < -0.39 is 0 Å². The molecule has 0 aliphatic heterocycles. The number of nitrogens with zero attached hydrogens (tertiary/aromatic N) is 2. The smallest absolute Gasteiger partial charge is 0.214 e. The van der Waals surface area contributed by atoms with Crippen molar-refractivity contribution in [2.45, 2.75) is 19.9 Å². The van der Waals surface area contributed by atoms with Crippen molar-refractivity contribution in [3.8, 4) is 0 Å². The lowest BCUT2D eigenvalue weighted by Gasteiger charge is -2.07. The Morgan fingerprint density at radius 1 is 1.44 bits per heavy atom. The molecule has 0 radical (unpaired) electrons. The normalized spacial score (nSPS) is 10.6. The van der Waals surface area contributed by atoms with Gasteiger partial charge in [0.1, 0.15) is 5.69 Å². The molecular formula is C13H14BrN3O. The predicted molar refractivity (Wildman–Crippen MR) is 74.5 cm³/mol. The number of carbonyl (C=O) groups excluding carboxylic acids is 1. The summed E-state index contributed by atoms with van der Waals surface area (Å²) in [6, 6.07) is 7.07. The maximum Gasteiger partial charge on any atom is 0.214 e. The number of aromatic nitrogens is 2. The summed E-state index contributed by atoms with van der Waals surface area (Å²) in [6.07, 6.45) is 2.56. The van der Waals surface area contributed by atoms with Crippen molar-refractivity contribution in [1.82, 2.24) is 9.78 Å². The molecule has 0 saturated heterocycles. The Morgan fingerprint density at radius 3 is 2.83 bits per heavy atom. The van der Waals surface area contributed by atoms with Crippen LogP contribution in [0.2, 0.25) is 0 Å². The van der Waals surface area contributed by atoms with Crippen LogP contribution in [0.4, 0.5) is 5.69 Å². The molecule has 0 spiro atoms. The summed E-state index contributed by atoms with van der Waals surface area (Å²) >= 11 is 3.36. The zero-order valence-corrected chi connectivity index (χ0v) is 11.6. The van der Waals surface area contributed by atoms with Crippen LogP contribution in [0.25, 0.3) is 0 Å². The first-order chi connectivity index (χ1) is 8.65. The van der Waals surface area contributed by atoms with Crippen molar-refractivity contribution in [3.63, 3.8) is 0 Å². The van der Waals surface area contributed by atoms with Gasteiger partial charge in [0.2, 0.25) is 5.78 Å². The van der Waals surface area contributed by atoms with Crippen molar-refractivity contribution < 1.29 is 4.79 Å². The molecule has 1 aromatic heterocycles. The highest BCUT2D eigenvalue weighted by atomic mass is 79.9. The lowest BCUT2D eigenvalue weighted by molar-refractivity contribution is 0.102. The number of carbonyl (C=O) groups is 1. The Hall–Kier alpha value is -1.62. The van der Waals surface area contributed by atoms with Crippen molar-refractivity contribution in [1.29, 1.82) is 0 Å². The van der Waals surface area contributed by atoms with Gasteiger partial charge in [-0.15, -0.1) is 0 Å². The third-order valence-corrected chi connectivity index (χ3v) is 3.23. The molecular weight excluding hydrogens is 294 g/mol. The molecule has 2 N–H and O–H groups in total. The standard InChI is InChI=1S/C13H14BrN3O/c1-2-7-17-12(10(14)8-16-17)13(18)9-5-3-4-6-11(9)15/h3-6,8H,2,7,15H2,1H3. The van der Waals surface area contributed by atoms with E-state index in [9.17, 15) is 4.79 Å². The van der Waals surface area contributed by atoms with Crippen LogP contribution in [-0.2, 0) is 6.54 Å². The number of hydrogen-bond acceptors (Lipinski definition) is 3. The van der Waals surface area contributed by atoms with E-state index in [1.165, 1.54) is 0 Å². The highest BCUT2D eigenvalue weighted by Gasteiger charge is 2.20. The largest absolute Gasteiger partial charge is 0.398 e. The fourth-order valence-corrected chi connectivity index (χ4v) is 2.28. The summed E-state index contributed by atoms with van der Waals surface area (Å²) in [7, 11) is 0. The number of aryl methyl sites for hydroxylation is 1. The second-order valence-electron chi connectivity index (χ2n) is 3.98. The summed E-state index contributed by atoms with van der Waals surface area (Å²) in [5.41, 5.74) is 7.38. The monoisotopic (exact) mass is 307 g/mol. The molecule has 0 atom stereocenters. The molecule has 2 rings (SSSR count). The number of nitrogens with two attached hydrogens (primary N) is 1. The molecule has 1 aromatic carbocycles. The Kier molecular flexibility index (Phi) is 3.81. The first kappa shape index (κ1) is 12.8. The molecule has 18 heavy (non-hydrogen) atoms. The minimum atomic E-state index is -0.106. The maximum absolute atomic E-state index is 12.5. The van der Waals surface area contributed by atoms with Crippen LogP contribution in [0.5, 0.6) is 0 Å². The van der Waals surface area contributed by atoms with E-state index in [0.29, 0.717) is 28.0 Å². The average Bonchev–Trinajstić information content (AvgIpc) is 2.71. The van der Waals surface area contributed by atoms with Crippen LogP contribution in [0.1, 0.15) is 29.4 Å². The second kappa shape index (κ2) is 5.35. The van der Waals surface area contributed by atoms with E-state index in [2.05, 4.69) is 21.0 Å².